The molecule has 1 aliphatic carbocycles. The van der Waals surface area contributed by atoms with Crippen LogP contribution < -0.4 is 16.2 Å². The Labute approximate surface area is 163 Å². The van der Waals surface area contributed by atoms with Crippen LogP contribution in [0.2, 0.25) is 0 Å². The third-order valence-corrected chi connectivity index (χ3v) is 5.81. The molecule has 2 aliphatic rings. The molecule has 2 aromatic rings. The minimum absolute atomic E-state index is 0.0138. The largest absolute Gasteiger partial charge is 0.355 e. The molecule has 3 N–H and O–H groups in total. The van der Waals surface area contributed by atoms with Crippen molar-refractivity contribution in [1.29, 1.82) is 0 Å². The monoisotopic (exact) mass is 379 g/mol. The molecule has 1 aromatic carbocycles. The first-order valence-electron chi connectivity index (χ1n) is 9.74. The number of amides is 2. The molecule has 1 unspecified atom stereocenters. The quantitative estimate of drug-likeness (QED) is 0.766. The topological polar surface area (TPSA) is 91.1 Å². The Kier molecular flexibility index (Phi) is 4.57. The van der Waals surface area contributed by atoms with Crippen LogP contribution in [0.25, 0.3) is 0 Å². The number of anilines is 1. The Morgan fingerprint density at radius 3 is 2.75 bits per heavy atom. The Morgan fingerprint density at radius 1 is 1.21 bits per heavy atom. The Morgan fingerprint density at radius 2 is 2.00 bits per heavy atom. The SMILES string of the molecule is CC1(C)CCc2[nH]c(=O)c(C(=O)Nc3ccccc3C3CNC(=O)C3)cc2C1. The van der Waals surface area contributed by atoms with Crippen LogP contribution in [0.15, 0.2) is 35.1 Å². The fourth-order valence-electron chi connectivity index (χ4n) is 4.21. The molecule has 1 aromatic heterocycles. The second kappa shape index (κ2) is 6.93. The molecule has 1 saturated heterocycles. The summed E-state index contributed by atoms with van der Waals surface area (Å²) in [5, 5.41) is 5.71. The zero-order valence-electron chi connectivity index (χ0n) is 16.2. The number of rotatable bonds is 3. The van der Waals surface area contributed by atoms with Crippen molar-refractivity contribution in [3.8, 4) is 0 Å². The molecule has 0 bridgehead atoms. The minimum atomic E-state index is -0.419. The number of aromatic amines is 1. The van der Waals surface area contributed by atoms with Gasteiger partial charge in [0.25, 0.3) is 11.5 Å². The van der Waals surface area contributed by atoms with Gasteiger partial charge in [-0.15, -0.1) is 0 Å². The lowest BCUT2D eigenvalue weighted by Gasteiger charge is -2.31. The second-order valence-electron chi connectivity index (χ2n) is 8.60. The molecule has 1 aliphatic heterocycles. The highest BCUT2D eigenvalue weighted by atomic mass is 16.2. The molecular formula is C22H25N3O3. The van der Waals surface area contributed by atoms with Gasteiger partial charge >= 0.3 is 0 Å². The molecule has 1 fully saturated rings. The van der Waals surface area contributed by atoms with Crippen LogP contribution in [0, 0.1) is 5.41 Å². The molecule has 2 amide bonds. The van der Waals surface area contributed by atoms with Gasteiger partial charge in [0.2, 0.25) is 5.91 Å². The molecule has 4 rings (SSSR count). The maximum absolute atomic E-state index is 12.9. The van der Waals surface area contributed by atoms with Crippen LogP contribution in [-0.4, -0.2) is 23.3 Å². The van der Waals surface area contributed by atoms with Crippen molar-refractivity contribution in [3.63, 3.8) is 0 Å². The number of carbonyl (C=O) groups is 2. The predicted octanol–water partition coefficient (Wildman–Crippen LogP) is 2.75. The van der Waals surface area contributed by atoms with Gasteiger partial charge in [-0.1, -0.05) is 32.0 Å². The maximum atomic E-state index is 12.9. The number of hydrogen-bond donors (Lipinski definition) is 3. The number of carbonyl (C=O) groups excluding carboxylic acids is 2. The van der Waals surface area contributed by atoms with Gasteiger partial charge in [0.15, 0.2) is 0 Å². The van der Waals surface area contributed by atoms with E-state index in [4.69, 9.17) is 0 Å². The lowest BCUT2D eigenvalue weighted by molar-refractivity contribution is -0.119. The first kappa shape index (κ1) is 18.5. The predicted molar refractivity (Wildman–Crippen MR) is 108 cm³/mol. The summed E-state index contributed by atoms with van der Waals surface area (Å²) in [6, 6.07) is 9.20. The Balaban J connectivity index is 1.62. The number of benzene rings is 1. The highest BCUT2D eigenvalue weighted by Crippen LogP contribution is 2.34. The van der Waals surface area contributed by atoms with Crippen molar-refractivity contribution < 1.29 is 9.59 Å². The number of fused-ring (bicyclic) bond motifs is 1. The van der Waals surface area contributed by atoms with E-state index in [9.17, 15) is 14.4 Å². The van der Waals surface area contributed by atoms with E-state index in [0.29, 0.717) is 18.7 Å². The lowest BCUT2D eigenvalue weighted by atomic mass is 9.76. The standard InChI is InChI=1S/C22H25N3O3/c1-22(2)8-7-17-13(11-22)9-16(20(27)24-17)21(28)25-18-6-4-3-5-15(18)14-10-19(26)23-12-14/h3-6,9,14H,7-8,10-12H2,1-2H3,(H,23,26)(H,24,27)(H,25,28). The van der Waals surface area contributed by atoms with Gasteiger partial charge in [-0.2, -0.15) is 0 Å². The number of aryl methyl sites for hydroxylation is 1. The summed E-state index contributed by atoms with van der Waals surface area (Å²) >= 11 is 0. The van der Waals surface area contributed by atoms with Crippen molar-refractivity contribution in [1.82, 2.24) is 10.3 Å². The van der Waals surface area contributed by atoms with Gasteiger partial charge < -0.3 is 15.6 Å². The van der Waals surface area contributed by atoms with Crippen LogP contribution in [0.4, 0.5) is 5.69 Å². The van der Waals surface area contributed by atoms with Gasteiger partial charge in [0.1, 0.15) is 5.56 Å². The van der Waals surface area contributed by atoms with Gasteiger partial charge in [0.05, 0.1) is 0 Å². The number of H-pyrrole nitrogens is 1. The van der Waals surface area contributed by atoms with Crippen molar-refractivity contribution in [2.45, 2.75) is 45.4 Å². The molecule has 28 heavy (non-hydrogen) atoms. The summed E-state index contributed by atoms with van der Waals surface area (Å²) in [4.78, 5) is 39.9. The highest BCUT2D eigenvalue weighted by Gasteiger charge is 2.28. The van der Waals surface area contributed by atoms with Crippen LogP contribution in [-0.2, 0) is 17.6 Å². The molecule has 6 heteroatoms. The molecule has 0 spiro atoms. The van der Waals surface area contributed by atoms with E-state index in [1.165, 1.54) is 0 Å². The molecule has 146 valence electrons. The van der Waals surface area contributed by atoms with Crippen molar-refractivity contribution in [3.05, 3.63) is 63.1 Å². The van der Waals surface area contributed by atoms with Crippen molar-refractivity contribution in [2.24, 2.45) is 5.41 Å². The van der Waals surface area contributed by atoms with Crippen LogP contribution in [0.5, 0.6) is 0 Å². The van der Waals surface area contributed by atoms with E-state index in [2.05, 4.69) is 29.5 Å². The van der Waals surface area contributed by atoms with Crippen molar-refractivity contribution in [2.75, 3.05) is 11.9 Å². The molecule has 0 saturated carbocycles. The van der Waals surface area contributed by atoms with E-state index in [-0.39, 0.29) is 28.4 Å². The van der Waals surface area contributed by atoms with Gasteiger partial charge in [-0.25, -0.2) is 0 Å². The number of aromatic nitrogens is 1. The molecule has 1 atom stereocenters. The average molecular weight is 379 g/mol. The third-order valence-electron chi connectivity index (χ3n) is 5.81. The normalized spacial score (nSPS) is 20.4. The van der Waals surface area contributed by atoms with E-state index in [1.807, 2.05) is 24.3 Å². The zero-order chi connectivity index (χ0) is 19.9. The summed E-state index contributed by atoms with van der Waals surface area (Å²) in [7, 11) is 0. The maximum Gasteiger partial charge on any atom is 0.261 e. The second-order valence-corrected chi connectivity index (χ2v) is 8.60. The lowest BCUT2D eigenvalue weighted by Crippen LogP contribution is -2.30. The summed E-state index contributed by atoms with van der Waals surface area (Å²) in [6.07, 6.45) is 3.08. The molecule has 0 radical (unpaired) electrons. The number of pyridine rings is 1. The van der Waals surface area contributed by atoms with E-state index < -0.39 is 5.91 Å². The molecular weight excluding hydrogens is 354 g/mol. The summed E-state index contributed by atoms with van der Waals surface area (Å²) in [5.74, 6) is -0.386. The molecule has 2 heterocycles. The summed E-state index contributed by atoms with van der Waals surface area (Å²) < 4.78 is 0. The summed E-state index contributed by atoms with van der Waals surface area (Å²) in [5.41, 5.74) is 3.47. The number of para-hydroxylation sites is 1. The third kappa shape index (κ3) is 3.59. The Bertz CT molecular complexity index is 1010. The van der Waals surface area contributed by atoms with E-state index in [0.717, 1.165) is 36.1 Å². The van der Waals surface area contributed by atoms with Gasteiger partial charge in [-0.05, 0) is 47.9 Å². The average Bonchev–Trinajstić information content (AvgIpc) is 3.07. The van der Waals surface area contributed by atoms with Crippen LogP contribution in [0.3, 0.4) is 0 Å². The fraction of sp³-hybridized carbons (Fsp3) is 0.409. The zero-order valence-corrected chi connectivity index (χ0v) is 16.2. The first-order chi connectivity index (χ1) is 13.3. The minimum Gasteiger partial charge on any atom is -0.355 e. The van der Waals surface area contributed by atoms with Crippen LogP contribution >= 0.6 is 0 Å². The van der Waals surface area contributed by atoms with E-state index >= 15 is 0 Å². The number of nitrogens with one attached hydrogen (secondary N) is 3. The Hall–Kier alpha value is -2.89. The van der Waals surface area contributed by atoms with Crippen LogP contribution in [0.1, 0.15) is 59.8 Å². The van der Waals surface area contributed by atoms with Gasteiger partial charge in [0, 0.05) is 30.3 Å². The smallest absolute Gasteiger partial charge is 0.261 e. The van der Waals surface area contributed by atoms with Crippen molar-refractivity contribution >= 4 is 17.5 Å². The molecule has 6 nitrogen and oxygen atoms in total. The number of hydrogen-bond acceptors (Lipinski definition) is 3. The van der Waals surface area contributed by atoms with E-state index in [1.54, 1.807) is 6.07 Å². The van der Waals surface area contributed by atoms with Gasteiger partial charge in [-0.3, -0.25) is 14.4 Å². The summed E-state index contributed by atoms with van der Waals surface area (Å²) in [6.45, 7) is 4.96. The first-order valence-corrected chi connectivity index (χ1v) is 9.74. The fourth-order valence-corrected chi connectivity index (χ4v) is 4.21. The highest BCUT2D eigenvalue weighted by molar-refractivity contribution is 6.04.